The van der Waals surface area contributed by atoms with Crippen molar-refractivity contribution in [3.8, 4) is 11.4 Å². The minimum Gasteiger partial charge on any atom is -0.481 e. The van der Waals surface area contributed by atoms with E-state index in [-0.39, 0.29) is 57.4 Å². The zero-order valence-corrected chi connectivity index (χ0v) is 24.0. The van der Waals surface area contributed by atoms with E-state index in [9.17, 15) is 24.3 Å². The fourth-order valence-electron chi connectivity index (χ4n) is 5.22. The minimum absolute atomic E-state index is 0.0715. The zero-order chi connectivity index (χ0) is 30.1. The highest BCUT2D eigenvalue weighted by Gasteiger charge is 2.32. The molecule has 1 aromatic carbocycles. The van der Waals surface area contributed by atoms with Gasteiger partial charge in [-0.05, 0) is 26.2 Å². The summed E-state index contributed by atoms with van der Waals surface area (Å²) in [6.45, 7) is 4.27. The first-order chi connectivity index (χ1) is 20.3. The highest BCUT2D eigenvalue weighted by molar-refractivity contribution is 5.97. The van der Waals surface area contributed by atoms with Gasteiger partial charge < -0.3 is 34.6 Å². The Morgan fingerprint density at radius 3 is 2.43 bits per heavy atom. The van der Waals surface area contributed by atoms with Gasteiger partial charge in [0.25, 0.3) is 5.91 Å². The summed E-state index contributed by atoms with van der Waals surface area (Å²) in [5.41, 5.74) is 0.802. The Labute approximate surface area is 244 Å². The molecule has 226 valence electrons. The van der Waals surface area contributed by atoms with Crippen LogP contribution in [0.4, 0.5) is 10.6 Å². The van der Waals surface area contributed by atoms with E-state index in [1.54, 1.807) is 20.1 Å². The van der Waals surface area contributed by atoms with Gasteiger partial charge in [0.1, 0.15) is 17.6 Å². The van der Waals surface area contributed by atoms with Crippen LogP contribution in [0.25, 0.3) is 11.4 Å². The van der Waals surface area contributed by atoms with Crippen LogP contribution in [0.1, 0.15) is 43.1 Å². The highest BCUT2D eigenvalue weighted by Crippen LogP contribution is 2.27. The smallest absolute Gasteiger partial charge is 0.409 e. The zero-order valence-electron chi connectivity index (χ0n) is 24.0. The predicted octanol–water partition coefficient (Wildman–Crippen LogP) is 2.02. The molecule has 0 radical (unpaired) electrons. The van der Waals surface area contributed by atoms with Gasteiger partial charge in [-0.15, -0.1) is 0 Å². The molecule has 2 aliphatic heterocycles. The van der Waals surface area contributed by atoms with Gasteiger partial charge in [-0.3, -0.25) is 14.4 Å². The van der Waals surface area contributed by atoms with Crippen LogP contribution >= 0.6 is 0 Å². The van der Waals surface area contributed by atoms with Crippen molar-refractivity contribution in [2.75, 3.05) is 57.9 Å². The predicted molar refractivity (Wildman–Crippen MR) is 153 cm³/mol. The number of anilines is 1. The van der Waals surface area contributed by atoms with Crippen LogP contribution in [0.5, 0.6) is 0 Å². The number of methoxy groups -OCH3 is 1. The van der Waals surface area contributed by atoms with E-state index in [2.05, 4.69) is 15.2 Å². The maximum atomic E-state index is 13.6. The van der Waals surface area contributed by atoms with Crippen molar-refractivity contribution in [2.24, 2.45) is 0 Å². The number of nitrogens with zero attached hydrogens (tertiary/aromatic N) is 5. The number of benzene rings is 1. The van der Waals surface area contributed by atoms with Crippen LogP contribution in [-0.2, 0) is 19.1 Å². The number of amides is 3. The number of nitrogens with one attached hydrogen (secondary N) is 1. The second-order valence-corrected chi connectivity index (χ2v) is 10.2. The summed E-state index contributed by atoms with van der Waals surface area (Å²) in [7, 11) is 1.65. The number of carbonyl (C=O) groups excluding carboxylic acids is 3. The molecule has 0 bridgehead atoms. The molecule has 0 saturated carbocycles. The first-order valence-electron chi connectivity index (χ1n) is 14.2. The monoisotopic (exact) mass is 582 g/mol. The largest absolute Gasteiger partial charge is 0.481 e. The third-order valence-corrected chi connectivity index (χ3v) is 7.38. The van der Waals surface area contributed by atoms with Gasteiger partial charge >= 0.3 is 12.1 Å². The Balaban J connectivity index is 1.57. The normalized spacial score (nSPS) is 17.6. The summed E-state index contributed by atoms with van der Waals surface area (Å²) in [6.07, 6.45) is 1.03. The molecule has 3 heterocycles. The van der Waals surface area contributed by atoms with Crippen molar-refractivity contribution >= 4 is 29.7 Å². The van der Waals surface area contributed by atoms with E-state index < -0.39 is 29.9 Å². The number of hydrogen-bond acceptors (Lipinski definition) is 9. The van der Waals surface area contributed by atoms with Crippen molar-refractivity contribution < 1.29 is 33.8 Å². The molecule has 13 nitrogen and oxygen atoms in total. The molecular formula is C29H38N6O7. The summed E-state index contributed by atoms with van der Waals surface area (Å²) < 4.78 is 10.4. The fourth-order valence-corrected chi connectivity index (χ4v) is 5.22. The molecule has 2 N–H and O–H groups in total. The molecular weight excluding hydrogens is 544 g/mol. The second-order valence-electron chi connectivity index (χ2n) is 10.2. The lowest BCUT2D eigenvalue weighted by Crippen LogP contribution is -2.56. The van der Waals surface area contributed by atoms with Gasteiger partial charge in [0, 0.05) is 57.9 Å². The third kappa shape index (κ3) is 7.72. The van der Waals surface area contributed by atoms with Gasteiger partial charge in [0.15, 0.2) is 5.82 Å². The van der Waals surface area contributed by atoms with Crippen LogP contribution in [0.2, 0.25) is 0 Å². The molecule has 0 aliphatic carbocycles. The molecule has 2 aromatic rings. The molecule has 13 heteroatoms. The topological polar surface area (TPSA) is 154 Å². The van der Waals surface area contributed by atoms with Crippen molar-refractivity contribution in [1.82, 2.24) is 25.1 Å². The number of hydrogen-bond donors (Lipinski definition) is 2. The molecule has 2 aliphatic rings. The lowest BCUT2D eigenvalue weighted by Gasteiger charge is -2.36. The molecule has 4 rings (SSSR count). The second kappa shape index (κ2) is 14.6. The first kappa shape index (κ1) is 30.7. The summed E-state index contributed by atoms with van der Waals surface area (Å²) >= 11 is 0. The van der Waals surface area contributed by atoms with Crippen molar-refractivity contribution in [3.63, 3.8) is 0 Å². The van der Waals surface area contributed by atoms with E-state index in [1.807, 2.05) is 30.3 Å². The number of aliphatic carboxylic acids is 1. The molecule has 1 aromatic heterocycles. The minimum atomic E-state index is -1.09. The maximum Gasteiger partial charge on any atom is 0.409 e. The molecule has 3 amide bonds. The molecule has 2 atom stereocenters. The van der Waals surface area contributed by atoms with E-state index >= 15 is 0 Å². The van der Waals surface area contributed by atoms with Crippen molar-refractivity contribution in [1.29, 1.82) is 0 Å². The number of rotatable bonds is 11. The first-order valence-corrected chi connectivity index (χ1v) is 14.2. The van der Waals surface area contributed by atoms with Crippen molar-refractivity contribution in [2.45, 2.75) is 44.7 Å². The highest BCUT2D eigenvalue weighted by atomic mass is 16.6. The fraction of sp³-hybridized carbons (Fsp3) is 0.517. The van der Waals surface area contributed by atoms with Crippen LogP contribution in [-0.4, -0.2) is 114 Å². The summed E-state index contributed by atoms with van der Waals surface area (Å²) in [5, 5.41) is 12.0. The lowest BCUT2D eigenvalue weighted by molar-refractivity contribution is -0.138. The number of piperazine rings is 1. The van der Waals surface area contributed by atoms with Gasteiger partial charge in [0.05, 0.1) is 19.3 Å². The quantitative estimate of drug-likeness (QED) is 0.402. The Morgan fingerprint density at radius 2 is 1.76 bits per heavy atom. The third-order valence-electron chi connectivity index (χ3n) is 7.38. The van der Waals surface area contributed by atoms with E-state index in [0.717, 1.165) is 24.9 Å². The Kier molecular flexibility index (Phi) is 10.7. The average molecular weight is 583 g/mol. The average Bonchev–Trinajstić information content (AvgIpc) is 3.47. The molecule has 0 spiro atoms. The van der Waals surface area contributed by atoms with Crippen LogP contribution in [0, 0.1) is 0 Å². The number of ether oxygens (including phenoxy) is 2. The van der Waals surface area contributed by atoms with Gasteiger partial charge in [-0.25, -0.2) is 14.8 Å². The van der Waals surface area contributed by atoms with Gasteiger partial charge in [-0.1, -0.05) is 30.3 Å². The lowest BCUT2D eigenvalue weighted by atomic mass is 10.1. The molecule has 2 fully saturated rings. The summed E-state index contributed by atoms with van der Waals surface area (Å²) in [6, 6.07) is 9.91. The van der Waals surface area contributed by atoms with E-state index in [1.165, 1.54) is 9.80 Å². The van der Waals surface area contributed by atoms with Gasteiger partial charge in [0.2, 0.25) is 5.91 Å². The Bertz CT molecular complexity index is 1250. The van der Waals surface area contributed by atoms with E-state index in [0.29, 0.717) is 18.2 Å². The van der Waals surface area contributed by atoms with Crippen LogP contribution in [0.15, 0.2) is 36.4 Å². The van der Waals surface area contributed by atoms with E-state index in [4.69, 9.17) is 14.5 Å². The summed E-state index contributed by atoms with van der Waals surface area (Å²) in [5.74, 6) is -1.15. The van der Waals surface area contributed by atoms with Gasteiger partial charge in [-0.2, -0.15) is 0 Å². The standard InChI is InChI=1S/C29H38N6O7/c1-3-42-29(40)34-16-14-33(15-17-34)28(39)22(11-12-25(36)37)31-27(38)23-18-24(35-13-7-10-21(35)19-41-2)32-26(30-23)20-8-5-4-6-9-20/h4-6,8-9,18,21-22H,3,7,10-17,19H2,1-2H3,(H,31,38)(H,36,37)/t21-,22-/m0/s1. The Morgan fingerprint density at radius 1 is 1.05 bits per heavy atom. The number of carboxylic acid groups (broad SMARTS) is 1. The Hall–Kier alpha value is -4.26. The van der Waals surface area contributed by atoms with Crippen LogP contribution < -0.4 is 10.2 Å². The molecule has 2 saturated heterocycles. The summed E-state index contributed by atoms with van der Waals surface area (Å²) in [4.78, 5) is 65.0. The maximum absolute atomic E-state index is 13.6. The number of carbonyl (C=O) groups is 4. The van der Waals surface area contributed by atoms with Crippen LogP contribution in [0.3, 0.4) is 0 Å². The molecule has 42 heavy (non-hydrogen) atoms. The van der Waals surface area contributed by atoms with Crippen molar-refractivity contribution in [3.05, 3.63) is 42.1 Å². The number of aromatic nitrogens is 2. The SMILES string of the molecule is CCOC(=O)N1CCN(C(=O)[C@H](CCC(=O)O)NC(=O)c2cc(N3CCC[C@H]3COC)nc(-c3ccccc3)n2)CC1. The number of carboxylic acids is 1. The molecule has 0 unspecified atom stereocenters.